The van der Waals surface area contributed by atoms with Crippen molar-refractivity contribution < 1.29 is 9.90 Å². The third-order valence-corrected chi connectivity index (χ3v) is 3.51. The highest BCUT2D eigenvalue weighted by atomic mass is 79.9. The zero-order valence-electron chi connectivity index (χ0n) is 10.4. The highest BCUT2D eigenvalue weighted by Gasteiger charge is 2.37. The van der Waals surface area contributed by atoms with Crippen LogP contribution in [0.2, 0.25) is 0 Å². The molecule has 19 heavy (non-hydrogen) atoms. The van der Waals surface area contributed by atoms with Crippen molar-refractivity contribution >= 4 is 21.9 Å². The van der Waals surface area contributed by atoms with E-state index in [1.54, 1.807) is 32.2 Å². The molecule has 100 valence electrons. The lowest BCUT2D eigenvalue weighted by molar-refractivity contribution is -0.147. The molecule has 0 radical (unpaired) electrons. The number of carboxylic acids is 1. The Kier molecular flexibility index (Phi) is 3.61. The zero-order valence-corrected chi connectivity index (χ0v) is 12.0. The van der Waals surface area contributed by atoms with E-state index in [2.05, 4.69) is 36.4 Å². The summed E-state index contributed by atoms with van der Waals surface area (Å²) >= 11 is 3.29. The molecule has 0 saturated heterocycles. The molecule has 0 spiro atoms. The number of aliphatic carboxylic acids is 1. The molecule has 2 aromatic rings. The Morgan fingerprint density at radius 1 is 1.53 bits per heavy atom. The molecule has 2 rings (SSSR count). The Morgan fingerprint density at radius 3 is 2.79 bits per heavy atom. The van der Waals surface area contributed by atoms with Gasteiger partial charge in [0.2, 0.25) is 5.82 Å². The molecule has 2 heterocycles. The highest BCUT2D eigenvalue weighted by molar-refractivity contribution is 9.10. The Hall–Kier alpha value is -1.83. The van der Waals surface area contributed by atoms with Gasteiger partial charge in [-0.1, -0.05) is 6.92 Å². The van der Waals surface area contributed by atoms with Crippen LogP contribution in [0.4, 0.5) is 0 Å². The van der Waals surface area contributed by atoms with E-state index < -0.39 is 11.5 Å². The van der Waals surface area contributed by atoms with E-state index in [0.29, 0.717) is 17.9 Å². The first-order valence-corrected chi connectivity index (χ1v) is 6.42. The van der Waals surface area contributed by atoms with E-state index >= 15 is 0 Å². The first-order valence-electron chi connectivity index (χ1n) is 5.63. The lowest BCUT2D eigenvalue weighted by atomic mass is 9.99. The maximum absolute atomic E-state index is 11.4. The number of hydrogen-bond acceptors (Lipinski definition) is 5. The minimum Gasteiger partial charge on any atom is -0.479 e. The number of carboxylic acid groups (broad SMARTS) is 1. The average molecular weight is 326 g/mol. The first kappa shape index (κ1) is 13.6. The molecule has 8 heteroatoms. The summed E-state index contributed by atoms with van der Waals surface area (Å²) in [4.78, 5) is 15.6. The van der Waals surface area contributed by atoms with Crippen LogP contribution in [0.5, 0.6) is 0 Å². The minimum atomic E-state index is -1.20. The van der Waals surface area contributed by atoms with Crippen LogP contribution in [-0.2, 0) is 10.3 Å². The number of rotatable bonds is 4. The van der Waals surface area contributed by atoms with Gasteiger partial charge in [-0.2, -0.15) is 0 Å². The Labute approximate surface area is 117 Å². The van der Waals surface area contributed by atoms with Gasteiger partial charge >= 0.3 is 5.97 Å². The van der Waals surface area contributed by atoms with Gasteiger partial charge in [-0.25, -0.2) is 9.48 Å². The molecule has 1 unspecified atom stereocenters. The summed E-state index contributed by atoms with van der Waals surface area (Å²) < 4.78 is 2.12. The summed E-state index contributed by atoms with van der Waals surface area (Å²) in [5, 5.41) is 20.6. The van der Waals surface area contributed by atoms with Gasteiger partial charge in [-0.15, -0.1) is 5.10 Å². The second-order valence-electron chi connectivity index (χ2n) is 4.21. The third kappa shape index (κ3) is 2.35. The van der Waals surface area contributed by atoms with Crippen LogP contribution in [0.15, 0.2) is 22.8 Å². The van der Waals surface area contributed by atoms with Crippen molar-refractivity contribution in [2.24, 2.45) is 0 Å². The van der Waals surface area contributed by atoms with Crippen molar-refractivity contribution in [3.05, 3.63) is 22.8 Å². The van der Waals surface area contributed by atoms with Crippen LogP contribution in [0.25, 0.3) is 11.5 Å². The molecule has 7 nitrogen and oxygen atoms in total. The van der Waals surface area contributed by atoms with Gasteiger partial charge < -0.3 is 5.11 Å². The molecule has 0 fully saturated rings. The van der Waals surface area contributed by atoms with Gasteiger partial charge in [0.25, 0.3) is 0 Å². The molecule has 0 bridgehead atoms. The van der Waals surface area contributed by atoms with Crippen LogP contribution in [0.1, 0.15) is 20.3 Å². The smallest absolute Gasteiger partial charge is 0.331 e. The maximum Gasteiger partial charge on any atom is 0.331 e. The number of halogens is 1. The van der Waals surface area contributed by atoms with E-state index in [9.17, 15) is 9.90 Å². The van der Waals surface area contributed by atoms with Crippen molar-refractivity contribution in [3.8, 4) is 11.5 Å². The number of tetrazole rings is 1. The number of hydrogen-bond donors (Lipinski definition) is 1. The predicted molar refractivity (Wildman–Crippen MR) is 70.3 cm³/mol. The van der Waals surface area contributed by atoms with Crippen LogP contribution < -0.4 is 0 Å². The van der Waals surface area contributed by atoms with Gasteiger partial charge in [-0.05, 0) is 51.8 Å². The molecule has 2 aromatic heterocycles. The summed E-state index contributed by atoms with van der Waals surface area (Å²) in [6.07, 6.45) is 1.97. The van der Waals surface area contributed by atoms with Crippen LogP contribution in [-0.4, -0.2) is 36.3 Å². The van der Waals surface area contributed by atoms with Gasteiger partial charge in [0.1, 0.15) is 5.69 Å². The quantitative estimate of drug-likeness (QED) is 0.919. The van der Waals surface area contributed by atoms with E-state index in [-0.39, 0.29) is 0 Å². The minimum absolute atomic E-state index is 0.333. The van der Waals surface area contributed by atoms with E-state index in [1.165, 1.54) is 4.68 Å². The van der Waals surface area contributed by atoms with Gasteiger partial charge in [-0.3, -0.25) is 4.98 Å². The lowest BCUT2D eigenvalue weighted by Crippen LogP contribution is -2.39. The summed E-state index contributed by atoms with van der Waals surface area (Å²) in [6.45, 7) is 3.35. The molecule has 0 aliphatic heterocycles. The van der Waals surface area contributed by atoms with Crippen molar-refractivity contribution in [1.29, 1.82) is 0 Å². The van der Waals surface area contributed by atoms with Gasteiger partial charge in [0.15, 0.2) is 5.54 Å². The number of carbonyl (C=O) groups is 1. The molecule has 0 aromatic carbocycles. The fraction of sp³-hybridized carbons (Fsp3) is 0.364. The zero-order chi connectivity index (χ0) is 14.0. The predicted octanol–water partition coefficient (Wildman–Crippen LogP) is 1.71. The molecule has 0 saturated carbocycles. The molecule has 0 amide bonds. The summed E-state index contributed by atoms with van der Waals surface area (Å²) in [7, 11) is 0. The SMILES string of the molecule is CCC(C)(C(=O)O)n1nnnc1-c1ccc(Br)cn1. The molecule has 0 aliphatic carbocycles. The number of pyridine rings is 1. The molecule has 1 N–H and O–H groups in total. The lowest BCUT2D eigenvalue weighted by Gasteiger charge is -2.23. The maximum atomic E-state index is 11.4. The number of aromatic nitrogens is 5. The standard InChI is InChI=1S/C11H12BrN5O2/c1-3-11(2,10(18)19)17-9(14-15-16-17)8-5-4-7(12)6-13-8/h4-6H,3H2,1-2H3,(H,18,19). The van der Waals surface area contributed by atoms with Crippen LogP contribution >= 0.6 is 15.9 Å². The summed E-state index contributed by atoms with van der Waals surface area (Å²) in [6, 6.07) is 3.52. The summed E-state index contributed by atoms with van der Waals surface area (Å²) in [5.74, 6) is -0.653. The van der Waals surface area contributed by atoms with Gasteiger partial charge in [0.05, 0.1) is 0 Å². The molecule has 1 atom stereocenters. The molecule has 0 aliphatic rings. The van der Waals surface area contributed by atoms with Crippen LogP contribution in [0, 0.1) is 0 Å². The Balaban J connectivity index is 2.54. The molecular formula is C11H12BrN5O2. The van der Waals surface area contributed by atoms with Crippen molar-refractivity contribution in [2.45, 2.75) is 25.8 Å². The van der Waals surface area contributed by atoms with E-state index in [0.717, 1.165) is 4.47 Å². The van der Waals surface area contributed by atoms with E-state index in [1.807, 2.05) is 0 Å². The largest absolute Gasteiger partial charge is 0.479 e. The van der Waals surface area contributed by atoms with Crippen molar-refractivity contribution in [2.75, 3.05) is 0 Å². The van der Waals surface area contributed by atoms with E-state index in [4.69, 9.17) is 0 Å². The second-order valence-corrected chi connectivity index (χ2v) is 5.12. The topological polar surface area (TPSA) is 93.8 Å². The third-order valence-electron chi connectivity index (χ3n) is 3.04. The van der Waals surface area contributed by atoms with Crippen molar-refractivity contribution in [1.82, 2.24) is 25.2 Å². The van der Waals surface area contributed by atoms with Gasteiger partial charge in [0, 0.05) is 10.7 Å². The highest BCUT2D eigenvalue weighted by Crippen LogP contribution is 2.25. The fourth-order valence-electron chi connectivity index (χ4n) is 1.58. The fourth-order valence-corrected chi connectivity index (χ4v) is 1.81. The van der Waals surface area contributed by atoms with Crippen molar-refractivity contribution in [3.63, 3.8) is 0 Å². The summed E-state index contributed by atoms with van der Waals surface area (Å²) in [5.41, 5.74) is -0.678. The number of nitrogens with zero attached hydrogens (tertiary/aromatic N) is 5. The van der Waals surface area contributed by atoms with Crippen LogP contribution in [0.3, 0.4) is 0 Å². The Morgan fingerprint density at radius 2 is 2.26 bits per heavy atom. The second kappa shape index (κ2) is 5.04. The monoisotopic (exact) mass is 325 g/mol. The average Bonchev–Trinajstić information content (AvgIpc) is 2.88. The Bertz CT molecular complexity index is 597. The molecular weight excluding hydrogens is 314 g/mol. The normalized spacial score (nSPS) is 14.1. The first-order chi connectivity index (χ1) is 8.99.